The molecule has 1 aromatic rings. The van der Waals surface area contributed by atoms with Gasteiger partial charge in [-0.3, -0.25) is 14.5 Å². The van der Waals surface area contributed by atoms with E-state index in [-0.39, 0.29) is 38.1 Å². The van der Waals surface area contributed by atoms with Gasteiger partial charge in [-0.25, -0.2) is 0 Å². The van der Waals surface area contributed by atoms with E-state index >= 15 is 0 Å². The average Bonchev–Trinajstić information content (AvgIpc) is 2.93. The first kappa shape index (κ1) is 26.4. The number of aliphatic hydroxyl groups is 2. The normalized spacial score (nSPS) is 23.5. The van der Waals surface area contributed by atoms with Gasteiger partial charge >= 0.3 is 0 Å². The first-order chi connectivity index (χ1) is 16.0. The molecule has 9 nitrogen and oxygen atoms in total. The highest BCUT2D eigenvalue weighted by Crippen LogP contribution is 2.26. The molecule has 1 atom stereocenters. The standard InChI is InChI=1S/C25H39N3O6/c1-19-5-6-22(13-20(19)2)34-18-25(32)16-26(11-12-28(17-25)23(30)14-33-4)15-24(31)7-9-27(10-8-24)21(3)29/h5-6,13,31-32H,7-12,14-18H2,1-4H3/t25-/m1/s1. The lowest BCUT2D eigenvalue weighted by atomic mass is 9.90. The Bertz CT molecular complexity index is 870. The van der Waals surface area contributed by atoms with Crippen molar-refractivity contribution in [2.24, 2.45) is 0 Å². The highest BCUT2D eigenvalue weighted by Gasteiger charge is 2.41. The summed E-state index contributed by atoms with van der Waals surface area (Å²) in [6.45, 7) is 8.23. The summed E-state index contributed by atoms with van der Waals surface area (Å²) >= 11 is 0. The monoisotopic (exact) mass is 477 g/mol. The van der Waals surface area contributed by atoms with Gasteiger partial charge in [-0.1, -0.05) is 6.07 Å². The van der Waals surface area contributed by atoms with Gasteiger partial charge in [-0.05, 0) is 49.9 Å². The number of ether oxygens (including phenoxy) is 2. The summed E-state index contributed by atoms with van der Waals surface area (Å²) in [6, 6.07) is 5.79. The molecule has 2 amide bonds. The average molecular weight is 478 g/mol. The van der Waals surface area contributed by atoms with Crippen LogP contribution in [0.5, 0.6) is 5.75 Å². The van der Waals surface area contributed by atoms with Crippen LogP contribution in [0.15, 0.2) is 18.2 Å². The fourth-order valence-electron chi connectivity index (χ4n) is 4.73. The van der Waals surface area contributed by atoms with Gasteiger partial charge in [0.15, 0.2) is 0 Å². The van der Waals surface area contributed by atoms with Gasteiger partial charge in [0, 0.05) is 53.3 Å². The highest BCUT2D eigenvalue weighted by atomic mass is 16.5. The summed E-state index contributed by atoms with van der Waals surface area (Å²) in [5, 5.41) is 22.8. The van der Waals surface area contributed by atoms with Gasteiger partial charge in [0.05, 0.1) is 12.1 Å². The number of aryl methyl sites for hydroxylation is 2. The molecule has 0 radical (unpaired) electrons. The molecule has 0 bridgehead atoms. The molecule has 2 fully saturated rings. The van der Waals surface area contributed by atoms with E-state index in [0.29, 0.717) is 51.3 Å². The predicted molar refractivity (Wildman–Crippen MR) is 128 cm³/mol. The Morgan fingerprint density at radius 1 is 0.971 bits per heavy atom. The highest BCUT2D eigenvalue weighted by molar-refractivity contribution is 5.77. The van der Waals surface area contributed by atoms with Crippen LogP contribution in [0.25, 0.3) is 0 Å². The zero-order valence-electron chi connectivity index (χ0n) is 20.9. The van der Waals surface area contributed by atoms with Crippen molar-refractivity contribution in [3.8, 4) is 5.75 Å². The van der Waals surface area contributed by atoms with E-state index in [1.54, 1.807) is 16.7 Å². The lowest BCUT2D eigenvalue weighted by molar-refractivity contribution is -0.139. The zero-order chi connectivity index (χ0) is 24.9. The maximum atomic E-state index is 12.6. The maximum absolute atomic E-state index is 12.6. The number of likely N-dealkylation sites (tertiary alicyclic amines) is 1. The van der Waals surface area contributed by atoms with Crippen molar-refractivity contribution in [3.05, 3.63) is 29.3 Å². The topological polar surface area (TPSA) is 103 Å². The number of carbonyl (C=O) groups excluding carboxylic acids is 2. The smallest absolute Gasteiger partial charge is 0.248 e. The summed E-state index contributed by atoms with van der Waals surface area (Å²) < 4.78 is 11.0. The van der Waals surface area contributed by atoms with Crippen LogP contribution < -0.4 is 4.74 Å². The molecule has 9 heteroatoms. The van der Waals surface area contributed by atoms with Crippen LogP contribution in [0.1, 0.15) is 30.9 Å². The van der Waals surface area contributed by atoms with Crippen molar-refractivity contribution < 1.29 is 29.3 Å². The maximum Gasteiger partial charge on any atom is 0.248 e. The van der Waals surface area contributed by atoms with Crippen LogP contribution in [0.4, 0.5) is 0 Å². The number of hydrogen-bond acceptors (Lipinski definition) is 7. The van der Waals surface area contributed by atoms with Crippen molar-refractivity contribution >= 4 is 11.8 Å². The van der Waals surface area contributed by atoms with E-state index in [4.69, 9.17) is 9.47 Å². The summed E-state index contributed by atoms with van der Waals surface area (Å²) in [6.07, 6.45) is 0.958. The SMILES string of the molecule is COCC(=O)N1CCN(CC2(O)CCN(C(C)=O)CC2)C[C@](O)(COc2ccc(C)c(C)c2)C1. The van der Waals surface area contributed by atoms with E-state index in [1.165, 1.54) is 7.11 Å². The van der Waals surface area contributed by atoms with Gasteiger partial charge in [0.1, 0.15) is 24.6 Å². The van der Waals surface area contributed by atoms with Crippen molar-refractivity contribution in [1.29, 1.82) is 0 Å². The summed E-state index contributed by atoms with van der Waals surface area (Å²) in [4.78, 5) is 29.6. The molecule has 0 aliphatic carbocycles. The largest absolute Gasteiger partial charge is 0.490 e. The quantitative estimate of drug-likeness (QED) is 0.592. The molecule has 2 N–H and O–H groups in total. The Kier molecular flexibility index (Phi) is 8.57. The van der Waals surface area contributed by atoms with Gasteiger partial charge < -0.3 is 29.5 Å². The Hall–Kier alpha value is -2.20. The number of rotatable bonds is 7. The number of hydrogen-bond donors (Lipinski definition) is 2. The van der Waals surface area contributed by atoms with E-state index in [1.807, 2.05) is 36.9 Å². The lowest BCUT2D eigenvalue weighted by Crippen LogP contribution is -2.56. The Balaban J connectivity index is 1.72. The van der Waals surface area contributed by atoms with Crippen molar-refractivity contribution in [2.45, 2.75) is 44.8 Å². The van der Waals surface area contributed by atoms with Crippen LogP contribution in [0, 0.1) is 13.8 Å². The Morgan fingerprint density at radius 2 is 1.68 bits per heavy atom. The minimum atomic E-state index is -1.32. The predicted octanol–water partition coefficient (Wildman–Crippen LogP) is 0.577. The molecule has 34 heavy (non-hydrogen) atoms. The lowest BCUT2D eigenvalue weighted by Gasteiger charge is -2.41. The third-order valence-corrected chi connectivity index (χ3v) is 6.95. The molecule has 0 saturated carbocycles. The first-order valence-electron chi connectivity index (χ1n) is 11.9. The second kappa shape index (κ2) is 11.0. The van der Waals surface area contributed by atoms with E-state index in [2.05, 4.69) is 0 Å². The molecule has 2 aliphatic heterocycles. The second-order valence-electron chi connectivity index (χ2n) is 9.95. The first-order valence-corrected chi connectivity index (χ1v) is 11.9. The van der Waals surface area contributed by atoms with Crippen LogP contribution in [0.3, 0.4) is 0 Å². The summed E-state index contributed by atoms with van der Waals surface area (Å²) in [5.41, 5.74) is -0.0158. The molecule has 2 heterocycles. The Morgan fingerprint density at radius 3 is 2.29 bits per heavy atom. The molecular weight excluding hydrogens is 438 g/mol. The van der Waals surface area contributed by atoms with Crippen molar-refractivity contribution in [2.75, 3.05) is 66.1 Å². The van der Waals surface area contributed by atoms with E-state index in [9.17, 15) is 19.8 Å². The minimum absolute atomic E-state index is 0.0132. The fourth-order valence-corrected chi connectivity index (χ4v) is 4.73. The van der Waals surface area contributed by atoms with Gasteiger partial charge in [-0.2, -0.15) is 0 Å². The van der Waals surface area contributed by atoms with Crippen LogP contribution in [0.2, 0.25) is 0 Å². The summed E-state index contributed by atoms with van der Waals surface area (Å²) in [7, 11) is 1.47. The number of amides is 2. The number of methoxy groups -OCH3 is 1. The van der Waals surface area contributed by atoms with Crippen LogP contribution in [-0.4, -0.2) is 114 Å². The third-order valence-electron chi connectivity index (χ3n) is 6.95. The van der Waals surface area contributed by atoms with Crippen LogP contribution >= 0.6 is 0 Å². The van der Waals surface area contributed by atoms with Gasteiger partial charge in [-0.15, -0.1) is 0 Å². The number of piperidine rings is 1. The van der Waals surface area contributed by atoms with Gasteiger partial charge in [0.25, 0.3) is 0 Å². The Labute approximate surface area is 202 Å². The van der Waals surface area contributed by atoms with E-state index < -0.39 is 11.2 Å². The number of carbonyl (C=O) groups is 2. The van der Waals surface area contributed by atoms with Crippen LogP contribution in [-0.2, 0) is 14.3 Å². The molecule has 2 saturated heterocycles. The molecule has 0 aromatic heterocycles. The molecule has 3 rings (SSSR count). The second-order valence-corrected chi connectivity index (χ2v) is 9.95. The van der Waals surface area contributed by atoms with E-state index in [0.717, 1.165) is 11.1 Å². The third kappa shape index (κ3) is 6.91. The summed E-state index contributed by atoms with van der Waals surface area (Å²) in [5.74, 6) is 0.488. The van der Waals surface area contributed by atoms with Crippen molar-refractivity contribution in [1.82, 2.24) is 14.7 Å². The fraction of sp³-hybridized carbons (Fsp3) is 0.680. The molecule has 1 aromatic carbocycles. The molecule has 0 spiro atoms. The molecule has 190 valence electrons. The number of benzene rings is 1. The van der Waals surface area contributed by atoms with Gasteiger partial charge in [0.2, 0.25) is 11.8 Å². The van der Waals surface area contributed by atoms with Crippen molar-refractivity contribution in [3.63, 3.8) is 0 Å². The number of β-amino-alcohol motifs (C(OH)–C–C–N with tert-alkyl or cyclic N) is 2. The molecule has 0 unspecified atom stereocenters. The molecular formula is C25H39N3O6. The minimum Gasteiger partial charge on any atom is -0.490 e. The molecule has 2 aliphatic rings. The number of nitrogens with zero attached hydrogens (tertiary/aromatic N) is 3. The zero-order valence-corrected chi connectivity index (χ0v) is 20.9.